The van der Waals surface area contributed by atoms with Crippen LogP contribution < -0.4 is 9.47 Å². The normalized spacial score (nSPS) is 24.0. The molecule has 2 aromatic carbocycles. The minimum Gasteiger partial charge on any atom is -0.496 e. The molecule has 2 fully saturated rings. The number of hydrazone groups is 1. The Bertz CT molecular complexity index is 1050. The lowest BCUT2D eigenvalue weighted by Gasteiger charge is -2.30. The van der Waals surface area contributed by atoms with Gasteiger partial charge >= 0.3 is 0 Å². The monoisotopic (exact) mass is 416 g/mol. The Hall–Kier alpha value is -3.08. The molecule has 31 heavy (non-hydrogen) atoms. The van der Waals surface area contributed by atoms with Gasteiger partial charge in [-0.3, -0.25) is 4.79 Å². The number of ether oxygens (including phenoxy) is 2. The number of methoxy groups -OCH3 is 2. The van der Waals surface area contributed by atoms with E-state index in [4.69, 9.17) is 14.6 Å². The van der Waals surface area contributed by atoms with Gasteiger partial charge in [-0.25, -0.2) is 5.01 Å². The fourth-order valence-electron chi connectivity index (χ4n) is 4.89. The molecule has 1 heterocycles. The molecule has 2 unspecified atom stereocenters. The molecule has 0 aromatic heterocycles. The van der Waals surface area contributed by atoms with Gasteiger partial charge in [0.2, 0.25) is 5.91 Å². The summed E-state index contributed by atoms with van der Waals surface area (Å²) in [6.45, 7) is 0. The van der Waals surface area contributed by atoms with Gasteiger partial charge in [0, 0.05) is 23.0 Å². The van der Waals surface area contributed by atoms with Crippen molar-refractivity contribution < 1.29 is 14.3 Å². The van der Waals surface area contributed by atoms with Crippen LogP contribution in [0.25, 0.3) is 6.08 Å². The van der Waals surface area contributed by atoms with Crippen LogP contribution in [0, 0.1) is 11.8 Å². The molecule has 5 rings (SSSR count). The third-order valence-corrected chi connectivity index (χ3v) is 6.58. The number of para-hydroxylation sites is 2. The molecule has 0 radical (unpaired) electrons. The third-order valence-electron chi connectivity index (χ3n) is 6.58. The summed E-state index contributed by atoms with van der Waals surface area (Å²) in [6, 6.07) is 16.0. The summed E-state index contributed by atoms with van der Waals surface area (Å²) in [5.74, 6) is 2.10. The molecule has 2 aliphatic carbocycles. The fourth-order valence-corrected chi connectivity index (χ4v) is 4.89. The van der Waals surface area contributed by atoms with Crippen LogP contribution in [0.2, 0.25) is 0 Å². The van der Waals surface area contributed by atoms with E-state index in [0.29, 0.717) is 0 Å². The van der Waals surface area contributed by atoms with Gasteiger partial charge in [0.1, 0.15) is 11.5 Å². The number of rotatable bonds is 5. The van der Waals surface area contributed by atoms with Gasteiger partial charge < -0.3 is 9.47 Å². The minimum absolute atomic E-state index is 0.111. The van der Waals surface area contributed by atoms with Gasteiger partial charge in [-0.05, 0) is 55.9 Å². The van der Waals surface area contributed by atoms with E-state index in [1.807, 2.05) is 36.4 Å². The topological polar surface area (TPSA) is 51.1 Å². The van der Waals surface area contributed by atoms with E-state index in [1.165, 1.54) is 5.57 Å². The molecule has 0 saturated heterocycles. The van der Waals surface area contributed by atoms with Crippen LogP contribution in [0.1, 0.15) is 49.3 Å². The molecule has 160 valence electrons. The van der Waals surface area contributed by atoms with Gasteiger partial charge in [-0.1, -0.05) is 36.4 Å². The zero-order chi connectivity index (χ0) is 21.4. The van der Waals surface area contributed by atoms with Crippen LogP contribution in [0.15, 0.2) is 59.2 Å². The van der Waals surface area contributed by atoms with Crippen LogP contribution in [0.3, 0.4) is 0 Å². The summed E-state index contributed by atoms with van der Waals surface area (Å²) >= 11 is 0. The van der Waals surface area contributed by atoms with Crippen molar-refractivity contribution in [3.63, 3.8) is 0 Å². The maximum absolute atomic E-state index is 13.2. The second-order valence-corrected chi connectivity index (χ2v) is 8.54. The Morgan fingerprint density at radius 3 is 2.45 bits per heavy atom. The molecule has 2 atom stereocenters. The van der Waals surface area contributed by atoms with Gasteiger partial charge in [0.15, 0.2) is 0 Å². The standard InChI is InChI=1S/C26H28N2O3/c1-30-22-12-5-3-8-18(22)16-19-9-7-11-21-24(19)27-28(26(29)17-14-15-17)25(21)20-10-4-6-13-23(20)31-2/h3-6,8,10,12-13,16-17,21,25H,7,9,11,14-15H2,1-2H3/b19-16-. The minimum atomic E-state index is -0.111. The van der Waals surface area contributed by atoms with Crippen LogP contribution in [0.5, 0.6) is 11.5 Å². The van der Waals surface area contributed by atoms with Crippen molar-refractivity contribution in [2.75, 3.05) is 14.2 Å². The average molecular weight is 417 g/mol. The SMILES string of the molecule is COc1ccccc1/C=C1/CCCC2C1=NN(C(=O)C1CC1)C2c1ccccc1OC. The lowest BCUT2D eigenvalue weighted by molar-refractivity contribution is -0.135. The van der Waals surface area contributed by atoms with E-state index in [0.717, 1.165) is 60.4 Å². The number of carbonyl (C=O) groups excluding carboxylic acids is 1. The number of fused-ring (bicyclic) bond motifs is 1. The zero-order valence-electron chi connectivity index (χ0n) is 18.1. The van der Waals surface area contributed by atoms with Crippen molar-refractivity contribution in [2.24, 2.45) is 16.9 Å². The molecule has 0 N–H and O–H groups in total. The smallest absolute Gasteiger partial charge is 0.246 e. The van der Waals surface area contributed by atoms with E-state index in [2.05, 4.69) is 18.2 Å². The zero-order valence-corrected chi connectivity index (χ0v) is 18.1. The predicted molar refractivity (Wildman–Crippen MR) is 121 cm³/mol. The summed E-state index contributed by atoms with van der Waals surface area (Å²) in [5, 5.41) is 6.75. The van der Waals surface area contributed by atoms with Gasteiger partial charge in [0.25, 0.3) is 0 Å². The van der Waals surface area contributed by atoms with Crippen molar-refractivity contribution in [3.8, 4) is 11.5 Å². The molecule has 1 amide bonds. The fraction of sp³-hybridized carbons (Fsp3) is 0.385. The van der Waals surface area contributed by atoms with Crippen LogP contribution >= 0.6 is 0 Å². The maximum atomic E-state index is 13.2. The first-order valence-electron chi connectivity index (χ1n) is 11.1. The molecule has 2 saturated carbocycles. The highest BCUT2D eigenvalue weighted by Gasteiger charge is 2.47. The summed E-state index contributed by atoms with van der Waals surface area (Å²) in [6.07, 6.45) is 7.16. The highest BCUT2D eigenvalue weighted by atomic mass is 16.5. The number of hydrogen-bond acceptors (Lipinski definition) is 4. The van der Waals surface area contributed by atoms with E-state index in [1.54, 1.807) is 19.2 Å². The summed E-state index contributed by atoms with van der Waals surface area (Å²) < 4.78 is 11.2. The predicted octanol–water partition coefficient (Wildman–Crippen LogP) is 5.24. The lowest BCUT2D eigenvalue weighted by atomic mass is 9.77. The Morgan fingerprint density at radius 2 is 1.71 bits per heavy atom. The molecule has 5 heteroatoms. The van der Waals surface area contributed by atoms with Crippen LogP contribution in [0.4, 0.5) is 0 Å². The number of hydrogen-bond donors (Lipinski definition) is 0. The van der Waals surface area contributed by atoms with Crippen LogP contribution in [-0.4, -0.2) is 30.8 Å². The molecule has 2 aromatic rings. The maximum Gasteiger partial charge on any atom is 0.246 e. The summed E-state index contributed by atoms with van der Waals surface area (Å²) in [5.41, 5.74) is 4.33. The lowest BCUT2D eigenvalue weighted by Crippen LogP contribution is -2.33. The van der Waals surface area contributed by atoms with E-state index in [-0.39, 0.29) is 23.8 Å². The van der Waals surface area contributed by atoms with Gasteiger partial charge in [-0.2, -0.15) is 5.10 Å². The summed E-state index contributed by atoms with van der Waals surface area (Å²) in [4.78, 5) is 13.2. The second-order valence-electron chi connectivity index (χ2n) is 8.54. The number of carbonyl (C=O) groups is 1. The van der Waals surface area contributed by atoms with Crippen molar-refractivity contribution in [2.45, 2.75) is 38.1 Å². The molecule has 1 aliphatic heterocycles. The number of benzene rings is 2. The Balaban J connectivity index is 1.58. The molecule has 3 aliphatic rings. The van der Waals surface area contributed by atoms with Crippen molar-refractivity contribution in [1.29, 1.82) is 0 Å². The highest BCUT2D eigenvalue weighted by Crippen LogP contribution is 2.48. The number of nitrogens with zero attached hydrogens (tertiary/aromatic N) is 2. The highest BCUT2D eigenvalue weighted by molar-refractivity contribution is 6.08. The first-order chi connectivity index (χ1) is 15.2. The van der Waals surface area contributed by atoms with E-state index < -0.39 is 0 Å². The second kappa shape index (κ2) is 8.22. The number of allylic oxidation sites excluding steroid dienone is 1. The Kier molecular flexibility index (Phi) is 5.26. The Morgan fingerprint density at radius 1 is 1.00 bits per heavy atom. The van der Waals surface area contributed by atoms with Crippen molar-refractivity contribution in [1.82, 2.24) is 5.01 Å². The molecule has 0 spiro atoms. The molecular weight excluding hydrogens is 388 g/mol. The average Bonchev–Trinajstić information content (AvgIpc) is 3.59. The van der Waals surface area contributed by atoms with Crippen molar-refractivity contribution in [3.05, 3.63) is 65.2 Å². The van der Waals surface area contributed by atoms with E-state index in [9.17, 15) is 4.79 Å². The molecule has 0 bridgehead atoms. The van der Waals surface area contributed by atoms with Gasteiger partial charge in [0.05, 0.1) is 26.0 Å². The van der Waals surface area contributed by atoms with Crippen LogP contribution in [-0.2, 0) is 4.79 Å². The summed E-state index contributed by atoms with van der Waals surface area (Å²) in [7, 11) is 3.39. The largest absolute Gasteiger partial charge is 0.496 e. The first-order valence-corrected chi connectivity index (χ1v) is 11.1. The molecule has 5 nitrogen and oxygen atoms in total. The first kappa shape index (κ1) is 19.9. The van der Waals surface area contributed by atoms with Crippen molar-refractivity contribution >= 4 is 17.7 Å². The van der Waals surface area contributed by atoms with Gasteiger partial charge in [-0.15, -0.1) is 0 Å². The number of amides is 1. The third kappa shape index (κ3) is 3.62. The van der Waals surface area contributed by atoms with E-state index >= 15 is 0 Å². The Labute approximate surface area is 183 Å². The quantitative estimate of drug-likeness (QED) is 0.670. The molecular formula is C26H28N2O3.